The predicted molar refractivity (Wildman–Crippen MR) is 86.6 cm³/mol. The summed E-state index contributed by atoms with van der Waals surface area (Å²) in [5.41, 5.74) is 2.76. The van der Waals surface area contributed by atoms with Crippen LogP contribution >= 0.6 is 0 Å². The van der Waals surface area contributed by atoms with Gasteiger partial charge in [0.25, 0.3) is 5.91 Å². The second-order valence-corrected chi connectivity index (χ2v) is 5.05. The lowest BCUT2D eigenvalue weighted by Crippen LogP contribution is -2.25. The zero-order chi connectivity index (χ0) is 15.2. The van der Waals surface area contributed by atoms with E-state index in [1.165, 1.54) is 5.56 Å². The first-order chi connectivity index (χ1) is 10.8. The fourth-order valence-electron chi connectivity index (χ4n) is 2.32. The Hall–Kier alpha value is -2.81. The molecule has 0 unspecified atom stereocenters. The number of benzene rings is 2. The van der Waals surface area contributed by atoms with Crippen LogP contribution in [0.1, 0.15) is 15.9 Å². The molecule has 0 atom stereocenters. The monoisotopic (exact) mass is 291 g/mol. The Balaban J connectivity index is 1.62. The van der Waals surface area contributed by atoms with Gasteiger partial charge in [-0.1, -0.05) is 42.5 Å². The number of amides is 1. The number of carbonyl (C=O) groups excluding carboxylic acids is 1. The van der Waals surface area contributed by atoms with Gasteiger partial charge in [0.1, 0.15) is 5.76 Å². The number of hydrogen-bond acceptors (Lipinski definition) is 2. The Morgan fingerprint density at radius 2 is 1.82 bits per heavy atom. The van der Waals surface area contributed by atoms with Gasteiger partial charge in [-0.15, -0.1) is 0 Å². The molecule has 1 aromatic heterocycles. The number of hydrogen-bond donors (Lipinski definition) is 1. The molecule has 0 saturated heterocycles. The molecule has 0 aliphatic carbocycles. The zero-order valence-corrected chi connectivity index (χ0v) is 12.2. The summed E-state index contributed by atoms with van der Waals surface area (Å²) in [6.07, 6.45) is 2.45. The minimum absolute atomic E-state index is 0.0654. The third-order valence-corrected chi connectivity index (χ3v) is 3.47. The van der Waals surface area contributed by atoms with Crippen molar-refractivity contribution in [1.82, 2.24) is 5.32 Å². The lowest BCUT2D eigenvalue weighted by atomic mass is 10.1. The van der Waals surface area contributed by atoms with Gasteiger partial charge in [-0.2, -0.15) is 0 Å². The van der Waals surface area contributed by atoms with Crippen LogP contribution in [0.4, 0.5) is 0 Å². The average Bonchev–Trinajstić information content (AvgIpc) is 3.10. The van der Waals surface area contributed by atoms with Crippen LogP contribution in [-0.2, 0) is 6.42 Å². The van der Waals surface area contributed by atoms with E-state index in [0.29, 0.717) is 12.1 Å². The first-order valence-electron chi connectivity index (χ1n) is 7.29. The highest BCUT2D eigenvalue weighted by atomic mass is 16.3. The Morgan fingerprint density at radius 1 is 0.955 bits per heavy atom. The van der Waals surface area contributed by atoms with Crippen LogP contribution in [0.25, 0.3) is 11.3 Å². The van der Waals surface area contributed by atoms with Crippen molar-refractivity contribution in [1.29, 1.82) is 0 Å². The van der Waals surface area contributed by atoms with Crippen molar-refractivity contribution in [2.75, 3.05) is 6.54 Å². The summed E-state index contributed by atoms with van der Waals surface area (Å²) in [5.74, 6) is 0.697. The van der Waals surface area contributed by atoms with E-state index in [2.05, 4.69) is 17.4 Å². The van der Waals surface area contributed by atoms with Gasteiger partial charge in [0.05, 0.1) is 6.26 Å². The maximum atomic E-state index is 12.2. The number of furan rings is 1. The van der Waals surface area contributed by atoms with E-state index in [1.807, 2.05) is 54.6 Å². The fraction of sp³-hybridized carbons (Fsp3) is 0.105. The van der Waals surface area contributed by atoms with E-state index in [9.17, 15) is 4.79 Å². The van der Waals surface area contributed by atoms with Crippen LogP contribution in [0.15, 0.2) is 77.4 Å². The van der Waals surface area contributed by atoms with E-state index < -0.39 is 0 Å². The van der Waals surface area contributed by atoms with E-state index in [4.69, 9.17) is 4.42 Å². The van der Waals surface area contributed by atoms with Gasteiger partial charge >= 0.3 is 0 Å². The molecular formula is C19H17NO2. The molecule has 0 aliphatic heterocycles. The van der Waals surface area contributed by atoms with Crippen molar-refractivity contribution in [2.24, 2.45) is 0 Å². The molecule has 1 N–H and O–H groups in total. The van der Waals surface area contributed by atoms with Crippen molar-refractivity contribution in [3.05, 3.63) is 84.1 Å². The van der Waals surface area contributed by atoms with Gasteiger partial charge in [0.2, 0.25) is 0 Å². The smallest absolute Gasteiger partial charge is 0.251 e. The molecule has 3 nitrogen and oxygen atoms in total. The highest BCUT2D eigenvalue weighted by Gasteiger charge is 2.07. The first kappa shape index (κ1) is 14.1. The lowest BCUT2D eigenvalue weighted by molar-refractivity contribution is 0.0954. The van der Waals surface area contributed by atoms with E-state index in [0.717, 1.165) is 17.7 Å². The van der Waals surface area contributed by atoms with Crippen molar-refractivity contribution < 1.29 is 9.21 Å². The topological polar surface area (TPSA) is 42.2 Å². The molecule has 1 heterocycles. The molecule has 0 aliphatic rings. The maximum absolute atomic E-state index is 12.2. The Bertz CT molecular complexity index is 733. The first-order valence-corrected chi connectivity index (χ1v) is 7.29. The van der Waals surface area contributed by atoms with Crippen LogP contribution in [0.5, 0.6) is 0 Å². The van der Waals surface area contributed by atoms with Gasteiger partial charge in [0, 0.05) is 17.7 Å². The number of rotatable bonds is 5. The summed E-state index contributed by atoms with van der Waals surface area (Å²) in [6.45, 7) is 0.619. The summed E-state index contributed by atoms with van der Waals surface area (Å²) in [4.78, 5) is 12.2. The minimum Gasteiger partial charge on any atom is -0.464 e. The Morgan fingerprint density at radius 3 is 2.59 bits per heavy atom. The highest BCUT2D eigenvalue weighted by molar-refractivity contribution is 5.95. The number of carbonyl (C=O) groups is 1. The van der Waals surface area contributed by atoms with Gasteiger partial charge in [-0.3, -0.25) is 4.79 Å². The largest absolute Gasteiger partial charge is 0.464 e. The summed E-state index contributed by atoms with van der Waals surface area (Å²) < 4.78 is 5.36. The summed E-state index contributed by atoms with van der Waals surface area (Å²) in [7, 11) is 0. The average molecular weight is 291 g/mol. The van der Waals surface area contributed by atoms with Crippen molar-refractivity contribution in [3.63, 3.8) is 0 Å². The zero-order valence-electron chi connectivity index (χ0n) is 12.2. The normalized spacial score (nSPS) is 10.4. The molecule has 110 valence electrons. The quantitative estimate of drug-likeness (QED) is 0.774. The van der Waals surface area contributed by atoms with Crippen LogP contribution in [-0.4, -0.2) is 12.5 Å². The molecule has 0 bridgehead atoms. The van der Waals surface area contributed by atoms with Crippen molar-refractivity contribution in [3.8, 4) is 11.3 Å². The van der Waals surface area contributed by atoms with Gasteiger partial charge in [-0.25, -0.2) is 0 Å². The second kappa shape index (κ2) is 6.76. The summed E-state index contributed by atoms with van der Waals surface area (Å²) >= 11 is 0. The Labute approximate surface area is 129 Å². The molecule has 1 amide bonds. The van der Waals surface area contributed by atoms with Crippen LogP contribution in [0.3, 0.4) is 0 Å². The Kier molecular flexibility index (Phi) is 4.35. The summed E-state index contributed by atoms with van der Waals surface area (Å²) in [5, 5.41) is 2.95. The predicted octanol–water partition coefficient (Wildman–Crippen LogP) is 3.92. The van der Waals surface area contributed by atoms with E-state index >= 15 is 0 Å². The molecule has 0 radical (unpaired) electrons. The van der Waals surface area contributed by atoms with Gasteiger partial charge in [-0.05, 0) is 36.2 Å². The lowest BCUT2D eigenvalue weighted by Gasteiger charge is -2.06. The molecule has 22 heavy (non-hydrogen) atoms. The molecule has 2 aromatic carbocycles. The summed E-state index contributed by atoms with van der Waals surface area (Å²) in [6, 6.07) is 21.3. The third kappa shape index (κ3) is 3.44. The van der Waals surface area contributed by atoms with Crippen LogP contribution in [0, 0.1) is 0 Å². The fourth-order valence-corrected chi connectivity index (χ4v) is 2.32. The third-order valence-electron chi connectivity index (χ3n) is 3.47. The standard InChI is InChI=1S/C19H17NO2/c21-19(20-12-11-15-6-2-1-3-7-15)17-9-4-8-16(14-17)18-10-5-13-22-18/h1-10,13-14H,11-12H2,(H,20,21). The minimum atomic E-state index is -0.0654. The van der Waals surface area contributed by atoms with E-state index in [-0.39, 0.29) is 5.91 Å². The molecule has 3 heteroatoms. The molecular weight excluding hydrogens is 274 g/mol. The maximum Gasteiger partial charge on any atom is 0.251 e. The molecule has 0 spiro atoms. The molecule has 0 fully saturated rings. The van der Waals surface area contributed by atoms with Crippen LogP contribution < -0.4 is 5.32 Å². The van der Waals surface area contributed by atoms with E-state index in [1.54, 1.807) is 6.26 Å². The van der Waals surface area contributed by atoms with Gasteiger partial charge < -0.3 is 9.73 Å². The molecule has 3 aromatic rings. The van der Waals surface area contributed by atoms with Crippen molar-refractivity contribution >= 4 is 5.91 Å². The van der Waals surface area contributed by atoms with Gasteiger partial charge in [0.15, 0.2) is 0 Å². The van der Waals surface area contributed by atoms with Crippen molar-refractivity contribution in [2.45, 2.75) is 6.42 Å². The molecule has 3 rings (SSSR count). The second-order valence-electron chi connectivity index (χ2n) is 5.05. The highest BCUT2D eigenvalue weighted by Crippen LogP contribution is 2.20. The number of nitrogens with one attached hydrogen (secondary N) is 1. The SMILES string of the molecule is O=C(NCCc1ccccc1)c1cccc(-c2ccco2)c1. The molecule has 0 saturated carbocycles. The van der Waals surface area contributed by atoms with Crippen LogP contribution in [0.2, 0.25) is 0 Å².